The van der Waals surface area contributed by atoms with Crippen molar-refractivity contribution < 1.29 is 26.4 Å². The molecule has 0 radical (unpaired) electrons. The lowest BCUT2D eigenvalue weighted by Crippen LogP contribution is -2.41. The Kier molecular flexibility index (Phi) is 4.66. The molecule has 6 nitrogen and oxygen atoms in total. The lowest BCUT2D eigenvalue weighted by molar-refractivity contribution is -0.137. The maximum absolute atomic E-state index is 12.4. The van der Waals surface area contributed by atoms with Gasteiger partial charge < -0.3 is 0 Å². The molecule has 0 fully saturated rings. The lowest BCUT2D eigenvalue weighted by atomic mass is 10.2. The molecular weight excluding hydrogens is 335 g/mol. The molecule has 0 spiro atoms. The molecule has 0 saturated heterocycles. The van der Waals surface area contributed by atoms with E-state index in [0.717, 1.165) is 12.1 Å². The molecule has 0 aliphatic rings. The zero-order valence-electron chi connectivity index (χ0n) is 11.3. The van der Waals surface area contributed by atoms with E-state index in [9.17, 15) is 26.4 Å². The van der Waals surface area contributed by atoms with Crippen molar-refractivity contribution in [3.05, 3.63) is 59.9 Å². The number of aromatic nitrogens is 1. The van der Waals surface area contributed by atoms with Crippen molar-refractivity contribution in [3.63, 3.8) is 0 Å². The van der Waals surface area contributed by atoms with Gasteiger partial charge in [-0.2, -0.15) is 13.2 Å². The molecular formula is C13H10F3N3O3S. The summed E-state index contributed by atoms with van der Waals surface area (Å²) in [6.07, 6.45) is -3.22. The maximum atomic E-state index is 12.4. The minimum absolute atomic E-state index is 0.0254. The van der Waals surface area contributed by atoms with Crippen LogP contribution in [0.25, 0.3) is 0 Å². The first-order valence-corrected chi connectivity index (χ1v) is 7.59. The third kappa shape index (κ3) is 4.27. The van der Waals surface area contributed by atoms with E-state index in [1.54, 1.807) is 10.9 Å². The van der Waals surface area contributed by atoms with Crippen LogP contribution in [-0.2, 0) is 16.2 Å². The van der Waals surface area contributed by atoms with Crippen molar-refractivity contribution in [1.29, 1.82) is 0 Å². The standard InChI is InChI=1S/C13H10F3N3O3S/c14-13(15,16)9-4-6-10(7-5-9)23(21,22)19-18-12(20)11-3-1-2-8-17-11/h1-8,19H,(H,18,20). The highest BCUT2D eigenvalue weighted by molar-refractivity contribution is 7.89. The van der Waals surface area contributed by atoms with Gasteiger partial charge in [-0.25, -0.2) is 8.42 Å². The fourth-order valence-corrected chi connectivity index (χ4v) is 2.40. The lowest BCUT2D eigenvalue weighted by Gasteiger charge is -2.10. The van der Waals surface area contributed by atoms with Crippen LogP contribution >= 0.6 is 0 Å². The summed E-state index contributed by atoms with van der Waals surface area (Å²) in [6.45, 7) is 0. The first-order chi connectivity index (χ1) is 10.7. The number of rotatable bonds is 4. The van der Waals surface area contributed by atoms with Crippen LogP contribution in [0.4, 0.5) is 13.2 Å². The van der Waals surface area contributed by atoms with Gasteiger partial charge in [-0.3, -0.25) is 15.2 Å². The summed E-state index contributed by atoms with van der Waals surface area (Å²) in [6, 6.07) is 7.32. The summed E-state index contributed by atoms with van der Waals surface area (Å²) in [4.78, 5) is 16.7. The number of nitrogens with zero attached hydrogens (tertiary/aromatic N) is 1. The number of carbonyl (C=O) groups is 1. The Morgan fingerprint density at radius 3 is 2.22 bits per heavy atom. The summed E-state index contributed by atoms with van der Waals surface area (Å²) in [5.74, 6) is -0.805. The van der Waals surface area contributed by atoms with E-state index in [-0.39, 0.29) is 5.69 Å². The zero-order chi connectivity index (χ0) is 17.1. The van der Waals surface area contributed by atoms with Gasteiger partial charge in [0.25, 0.3) is 15.9 Å². The van der Waals surface area contributed by atoms with Gasteiger partial charge in [0.1, 0.15) is 5.69 Å². The highest BCUT2D eigenvalue weighted by Gasteiger charge is 2.30. The molecule has 2 rings (SSSR count). The van der Waals surface area contributed by atoms with E-state index >= 15 is 0 Å². The van der Waals surface area contributed by atoms with Crippen LogP contribution in [0.5, 0.6) is 0 Å². The highest BCUT2D eigenvalue weighted by atomic mass is 32.2. The van der Waals surface area contributed by atoms with Gasteiger partial charge in [0.05, 0.1) is 10.5 Å². The molecule has 0 unspecified atom stereocenters. The molecule has 23 heavy (non-hydrogen) atoms. The van der Waals surface area contributed by atoms with Gasteiger partial charge in [0, 0.05) is 6.20 Å². The average Bonchev–Trinajstić information content (AvgIpc) is 2.53. The first-order valence-electron chi connectivity index (χ1n) is 6.10. The fraction of sp³-hybridized carbons (Fsp3) is 0.0769. The maximum Gasteiger partial charge on any atom is 0.416 e. The normalized spacial score (nSPS) is 12.0. The number of benzene rings is 1. The summed E-state index contributed by atoms with van der Waals surface area (Å²) in [5.41, 5.74) is 0.918. The third-order valence-corrected chi connectivity index (χ3v) is 3.95. The Hall–Kier alpha value is -2.46. The number of hydrogen-bond acceptors (Lipinski definition) is 4. The van der Waals surface area contributed by atoms with E-state index in [1.807, 2.05) is 5.43 Å². The number of hydrogen-bond donors (Lipinski definition) is 2. The predicted molar refractivity (Wildman–Crippen MR) is 73.5 cm³/mol. The second kappa shape index (κ2) is 6.34. The number of amides is 1. The Labute approximate surface area is 129 Å². The van der Waals surface area contributed by atoms with Crippen LogP contribution in [0.3, 0.4) is 0 Å². The molecule has 0 bridgehead atoms. The van der Waals surface area contributed by atoms with Crippen LogP contribution in [0.15, 0.2) is 53.6 Å². The number of halogens is 3. The Balaban J connectivity index is 2.09. The number of nitrogens with one attached hydrogen (secondary N) is 2. The van der Waals surface area contributed by atoms with Crippen molar-refractivity contribution in [2.45, 2.75) is 11.1 Å². The minimum Gasteiger partial charge on any atom is -0.272 e. The SMILES string of the molecule is O=C(NNS(=O)(=O)c1ccc(C(F)(F)F)cc1)c1ccccn1. The molecule has 1 aromatic carbocycles. The molecule has 0 aliphatic heterocycles. The number of pyridine rings is 1. The van der Waals surface area contributed by atoms with E-state index in [4.69, 9.17) is 0 Å². The second-order valence-electron chi connectivity index (χ2n) is 4.30. The smallest absolute Gasteiger partial charge is 0.272 e. The Bertz CT molecular complexity index is 791. The van der Waals surface area contributed by atoms with Crippen molar-refractivity contribution in [3.8, 4) is 0 Å². The van der Waals surface area contributed by atoms with Crippen molar-refractivity contribution >= 4 is 15.9 Å². The Morgan fingerprint density at radius 1 is 1.04 bits per heavy atom. The van der Waals surface area contributed by atoms with Gasteiger partial charge in [0.15, 0.2) is 0 Å². The van der Waals surface area contributed by atoms with E-state index in [0.29, 0.717) is 12.1 Å². The topological polar surface area (TPSA) is 88.2 Å². The van der Waals surface area contributed by atoms with Crippen LogP contribution in [-0.4, -0.2) is 19.3 Å². The van der Waals surface area contributed by atoms with E-state index in [1.165, 1.54) is 18.3 Å². The largest absolute Gasteiger partial charge is 0.416 e. The number of alkyl halides is 3. The van der Waals surface area contributed by atoms with Crippen molar-refractivity contribution in [2.75, 3.05) is 0 Å². The Morgan fingerprint density at radius 2 is 1.70 bits per heavy atom. The number of carbonyl (C=O) groups excluding carboxylic acids is 1. The highest BCUT2D eigenvalue weighted by Crippen LogP contribution is 2.29. The second-order valence-corrected chi connectivity index (χ2v) is 5.98. The minimum atomic E-state index is -4.57. The van der Waals surface area contributed by atoms with Crippen LogP contribution in [0.2, 0.25) is 0 Å². The molecule has 2 N–H and O–H groups in total. The molecule has 0 aliphatic carbocycles. The number of sulfonamides is 1. The predicted octanol–water partition coefficient (Wildman–Crippen LogP) is 1.72. The van der Waals surface area contributed by atoms with Gasteiger partial charge in [-0.05, 0) is 36.4 Å². The molecule has 1 heterocycles. The average molecular weight is 345 g/mol. The molecule has 0 saturated carbocycles. The molecule has 2 aromatic rings. The zero-order valence-corrected chi connectivity index (χ0v) is 12.1. The van der Waals surface area contributed by atoms with Crippen molar-refractivity contribution in [1.82, 2.24) is 15.2 Å². The van der Waals surface area contributed by atoms with Crippen LogP contribution in [0.1, 0.15) is 16.1 Å². The van der Waals surface area contributed by atoms with Crippen LogP contribution < -0.4 is 10.3 Å². The molecule has 1 amide bonds. The summed E-state index contributed by atoms with van der Waals surface area (Å²) in [7, 11) is -4.20. The first kappa shape index (κ1) is 16.9. The fourth-order valence-electron chi connectivity index (χ4n) is 1.56. The van der Waals surface area contributed by atoms with E-state index in [2.05, 4.69) is 4.98 Å². The van der Waals surface area contributed by atoms with Crippen LogP contribution in [0, 0.1) is 0 Å². The quantitative estimate of drug-likeness (QED) is 0.826. The van der Waals surface area contributed by atoms with Gasteiger partial charge in [-0.15, -0.1) is 4.83 Å². The third-order valence-electron chi connectivity index (χ3n) is 2.69. The van der Waals surface area contributed by atoms with E-state index < -0.39 is 32.6 Å². The molecule has 0 atom stereocenters. The van der Waals surface area contributed by atoms with Gasteiger partial charge in [0.2, 0.25) is 0 Å². The monoisotopic (exact) mass is 345 g/mol. The summed E-state index contributed by atoms with van der Waals surface area (Å²) >= 11 is 0. The van der Waals surface area contributed by atoms with Gasteiger partial charge >= 0.3 is 6.18 Å². The summed E-state index contributed by atoms with van der Waals surface area (Å²) < 4.78 is 61.1. The van der Waals surface area contributed by atoms with Crippen molar-refractivity contribution in [2.24, 2.45) is 0 Å². The molecule has 10 heteroatoms. The summed E-state index contributed by atoms with van der Waals surface area (Å²) in [5, 5.41) is 0. The number of hydrazine groups is 1. The van der Waals surface area contributed by atoms with Gasteiger partial charge in [-0.1, -0.05) is 6.07 Å². The molecule has 122 valence electrons. The molecule has 1 aromatic heterocycles.